The van der Waals surface area contributed by atoms with Crippen LogP contribution in [0.1, 0.15) is 5.56 Å². The van der Waals surface area contributed by atoms with Crippen LogP contribution >= 0.6 is 12.4 Å². The summed E-state index contributed by atoms with van der Waals surface area (Å²) in [5.74, 6) is -0.330. The van der Waals surface area contributed by atoms with Crippen molar-refractivity contribution in [2.24, 2.45) is 5.73 Å². The largest absolute Gasteiger partial charge is 0.461 e. The number of ether oxygens (including phenoxy) is 1. The number of nitrogens with two attached hydrogens (primary N) is 1. The molecular formula is C9H10ClF4NO. The number of hydrogen-bond donors (Lipinski definition) is 1. The molecule has 1 aromatic rings. The Bertz CT molecular complexity index is 335. The quantitative estimate of drug-likeness (QED) is 0.844. The standard InChI is InChI=1S/C9H9F4NO.ClH/c10-8(11)9(12,13)15-7-3-1-2-6(4-7)5-14;/h1-4,8H,5,14H2;1H. The monoisotopic (exact) mass is 259 g/mol. The van der Waals surface area contributed by atoms with Crippen LogP contribution in [0.25, 0.3) is 0 Å². The van der Waals surface area contributed by atoms with E-state index in [1.807, 2.05) is 0 Å². The number of halogens is 5. The van der Waals surface area contributed by atoms with Crippen molar-refractivity contribution in [1.82, 2.24) is 0 Å². The Morgan fingerprint density at radius 1 is 1.31 bits per heavy atom. The summed E-state index contributed by atoms with van der Waals surface area (Å²) in [4.78, 5) is 0. The summed E-state index contributed by atoms with van der Waals surface area (Å²) >= 11 is 0. The number of alkyl halides is 4. The molecule has 1 aromatic carbocycles. The van der Waals surface area contributed by atoms with E-state index in [4.69, 9.17) is 5.73 Å². The molecule has 0 heterocycles. The van der Waals surface area contributed by atoms with E-state index in [2.05, 4.69) is 4.74 Å². The zero-order valence-electron chi connectivity index (χ0n) is 8.00. The van der Waals surface area contributed by atoms with Crippen LogP contribution in [0.15, 0.2) is 24.3 Å². The third-order valence-corrected chi connectivity index (χ3v) is 1.64. The van der Waals surface area contributed by atoms with Crippen molar-refractivity contribution in [3.8, 4) is 5.75 Å². The van der Waals surface area contributed by atoms with Crippen LogP contribution < -0.4 is 10.5 Å². The van der Waals surface area contributed by atoms with Crippen molar-refractivity contribution in [2.45, 2.75) is 19.1 Å². The van der Waals surface area contributed by atoms with Gasteiger partial charge in [-0.05, 0) is 17.7 Å². The lowest BCUT2D eigenvalue weighted by Crippen LogP contribution is -2.33. The fourth-order valence-corrected chi connectivity index (χ4v) is 0.938. The Balaban J connectivity index is 0.00000225. The minimum Gasteiger partial charge on any atom is -0.428 e. The summed E-state index contributed by atoms with van der Waals surface area (Å²) in [6.45, 7) is 0.122. The van der Waals surface area contributed by atoms with E-state index in [9.17, 15) is 17.6 Å². The molecule has 0 aliphatic heterocycles. The molecule has 2 N–H and O–H groups in total. The summed E-state index contributed by atoms with van der Waals surface area (Å²) in [5.41, 5.74) is 5.78. The van der Waals surface area contributed by atoms with E-state index in [-0.39, 0.29) is 24.7 Å². The van der Waals surface area contributed by atoms with Crippen molar-refractivity contribution in [2.75, 3.05) is 0 Å². The molecule has 2 nitrogen and oxygen atoms in total. The van der Waals surface area contributed by atoms with Gasteiger partial charge in [-0.15, -0.1) is 12.4 Å². The Morgan fingerprint density at radius 2 is 1.94 bits per heavy atom. The van der Waals surface area contributed by atoms with Crippen molar-refractivity contribution in [3.05, 3.63) is 29.8 Å². The number of hydrogen-bond acceptors (Lipinski definition) is 2. The molecule has 0 fully saturated rings. The van der Waals surface area contributed by atoms with E-state index in [0.29, 0.717) is 5.56 Å². The van der Waals surface area contributed by atoms with Gasteiger partial charge in [-0.25, -0.2) is 0 Å². The Morgan fingerprint density at radius 3 is 2.44 bits per heavy atom. The first-order valence-electron chi connectivity index (χ1n) is 4.09. The lowest BCUT2D eigenvalue weighted by atomic mass is 10.2. The first kappa shape index (κ1) is 15.0. The average Bonchev–Trinajstić information content (AvgIpc) is 2.17. The smallest absolute Gasteiger partial charge is 0.428 e. The highest BCUT2D eigenvalue weighted by atomic mass is 35.5. The topological polar surface area (TPSA) is 35.2 Å². The van der Waals surface area contributed by atoms with Gasteiger partial charge in [0.05, 0.1) is 0 Å². The maximum atomic E-state index is 12.5. The maximum absolute atomic E-state index is 12.5. The highest BCUT2D eigenvalue weighted by Gasteiger charge is 2.43. The lowest BCUT2D eigenvalue weighted by Gasteiger charge is -2.16. The van der Waals surface area contributed by atoms with Crippen LogP contribution in [0.5, 0.6) is 5.75 Å². The molecule has 7 heteroatoms. The van der Waals surface area contributed by atoms with Crippen LogP contribution in [-0.4, -0.2) is 12.5 Å². The summed E-state index contributed by atoms with van der Waals surface area (Å²) < 4.78 is 52.4. The molecule has 0 saturated carbocycles. The zero-order valence-corrected chi connectivity index (χ0v) is 8.82. The van der Waals surface area contributed by atoms with Crippen molar-refractivity contribution < 1.29 is 22.3 Å². The molecule has 1 rings (SSSR count). The van der Waals surface area contributed by atoms with Gasteiger partial charge >= 0.3 is 12.5 Å². The summed E-state index contributed by atoms with van der Waals surface area (Å²) in [5, 5.41) is 0. The van der Waals surface area contributed by atoms with E-state index < -0.39 is 12.5 Å². The highest BCUT2D eigenvalue weighted by molar-refractivity contribution is 5.85. The molecule has 0 atom stereocenters. The van der Waals surface area contributed by atoms with Crippen LogP contribution in [0.4, 0.5) is 17.6 Å². The minimum absolute atomic E-state index is 0. The molecule has 0 aliphatic carbocycles. The van der Waals surface area contributed by atoms with E-state index in [0.717, 1.165) is 6.07 Å². The fraction of sp³-hybridized carbons (Fsp3) is 0.333. The highest BCUT2D eigenvalue weighted by Crippen LogP contribution is 2.27. The van der Waals surface area contributed by atoms with Gasteiger partial charge < -0.3 is 10.5 Å². The van der Waals surface area contributed by atoms with Gasteiger partial charge in [0.25, 0.3) is 0 Å². The minimum atomic E-state index is -4.48. The third-order valence-electron chi connectivity index (χ3n) is 1.64. The third kappa shape index (κ3) is 3.86. The van der Waals surface area contributed by atoms with Crippen LogP contribution in [0.2, 0.25) is 0 Å². The molecule has 0 aliphatic rings. The molecule has 16 heavy (non-hydrogen) atoms. The predicted molar refractivity (Wildman–Crippen MR) is 53.2 cm³/mol. The Kier molecular flexibility index (Phi) is 5.53. The molecule has 0 aromatic heterocycles. The predicted octanol–water partition coefficient (Wildman–Crippen LogP) is 2.80. The second-order valence-electron chi connectivity index (χ2n) is 2.82. The molecule has 0 amide bonds. The van der Waals surface area contributed by atoms with E-state index in [1.165, 1.54) is 12.1 Å². The number of rotatable bonds is 4. The fourth-order valence-electron chi connectivity index (χ4n) is 0.938. The zero-order chi connectivity index (χ0) is 11.5. The van der Waals surface area contributed by atoms with E-state index >= 15 is 0 Å². The van der Waals surface area contributed by atoms with Gasteiger partial charge in [0.1, 0.15) is 5.75 Å². The van der Waals surface area contributed by atoms with Gasteiger partial charge in [-0.2, -0.15) is 17.6 Å². The Hall–Kier alpha value is -1.01. The average molecular weight is 260 g/mol. The molecule has 0 radical (unpaired) electrons. The lowest BCUT2D eigenvalue weighted by molar-refractivity contribution is -0.253. The number of benzene rings is 1. The van der Waals surface area contributed by atoms with Crippen LogP contribution in [0.3, 0.4) is 0 Å². The van der Waals surface area contributed by atoms with Crippen molar-refractivity contribution in [3.63, 3.8) is 0 Å². The summed E-state index contributed by atoms with van der Waals surface area (Å²) in [6.07, 6.45) is -8.34. The first-order chi connectivity index (χ1) is 6.95. The molecule has 0 unspecified atom stereocenters. The molecular weight excluding hydrogens is 250 g/mol. The van der Waals surface area contributed by atoms with Crippen molar-refractivity contribution >= 4 is 12.4 Å². The van der Waals surface area contributed by atoms with Crippen molar-refractivity contribution in [1.29, 1.82) is 0 Å². The Labute approximate surface area is 95.8 Å². The second-order valence-corrected chi connectivity index (χ2v) is 2.82. The van der Waals surface area contributed by atoms with Gasteiger partial charge in [0.15, 0.2) is 0 Å². The second kappa shape index (κ2) is 5.91. The SMILES string of the molecule is Cl.NCc1cccc(OC(F)(F)C(F)F)c1. The van der Waals surface area contributed by atoms with Gasteiger partial charge in [0.2, 0.25) is 0 Å². The summed E-state index contributed by atoms with van der Waals surface area (Å²) in [7, 11) is 0. The van der Waals surface area contributed by atoms with Gasteiger partial charge in [0, 0.05) is 6.54 Å². The molecule has 0 bridgehead atoms. The van der Waals surface area contributed by atoms with Gasteiger partial charge in [-0.1, -0.05) is 12.1 Å². The molecule has 92 valence electrons. The molecule has 0 saturated heterocycles. The normalized spacial score (nSPS) is 11.1. The van der Waals surface area contributed by atoms with Gasteiger partial charge in [-0.3, -0.25) is 0 Å². The first-order valence-corrected chi connectivity index (χ1v) is 4.09. The van der Waals surface area contributed by atoms with E-state index in [1.54, 1.807) is 6.07 Å². The van der Waals surface area contributed by atoms with Crippen LogP contribution in [0, 0.1) is 0 Å². The van der Waals surface area contributed by atoms with Crippen LogP contribution in [-0.2, 0) is 6.54 Å². The summed E-state index contributed by atoms with van der Waals surface area (Å²) in [6, 6.07) is 5.33. The molecule has 0 spiro atoms. The maximum Gasteiger partial charge on any atom is 0.461 e.